The third-order valence-corrected chi connectivity index (χ3v) is 5.00. The summed E-state index contributed by atoms with van der Waals surface area (Å²) < 4.78 is 1.72. The number of carbonyl (C=O) groups excluding carboxylic acids is 1. The highest BCUT2D eigenvalue weighted by Gasteiger charge is 2.17. The van der Waals surface area contributed by atoms with E-state index >= 15 is 0 Å². The number of carbonyl (C=O) groups is 1. The fraction of sp³-hybridized carbons (Fsp3) is 0.333. The molecule has 0 bridgehead atoms. The van der Waals surface area contributed by atoms with Crippen molar-refractivity contribution >= 4 is 22.4 Å². The standard InChI is InChI=1S/C18H21N5OS/c1-13(2)17-16(14-7-4-3-5-8-14)22-18(25-17)21-15(24)9-6-10-23-12-19-11-20-23/h3-5,7-8,11-13H,6,9-10H2,1-2H3,(H,21,22,24). The van der Waals surface area contributed by atoms with Gasteiger partial charge < -0.3 is 5.32 Å². The first-order valence-corrected chi connectivity index (χ1v) is 9.13. The molecule has 0 unspecified atom stereocenters. The molecule has 0 aliphatic carbocycles. The topological polar surface area (TPSA) is 72.7 Å². The van der Waals surface area contributed by atoms with Crippen molar-refractivity contribution in [1.82, 2.24) is 19.7 Å². The molecule has 2 heterocycles. The third kappa shape index (κ3) is 4.51. The summed E-state index contributed by atoms with van der Waals surface area (Å²) >= 11 is 1.55. The minimum atomic E-state index is -0.0243. The van der Waals surface area contributed by atoms with E-state index in [9.17, 15) is 4.79 Å². The van der Waals surface area contributed by atoms with Crippen LogP contribution in [0.2, 0.25) is 0 Å². The van der Waals surface area contributed by atoms with E-state index < -0.39 is 0 Å². The largest absolute Gasteiger partial charge is 0.302 e. The molecule has 3 rings (SSSR count). The lowest BCUT2D eigenvalue weighted by atomic mass is 10.1. The molecule has 0 aliphatic rings. The van der Waals surface area contributed by atoms with E-state index in [1.807, 2.05) is 30.3 Å². The fourth-order valence-corrected chi connectivity index (χ4v) is 3.52. The highest BCUT2D eigenvalue weighted by atomic mass is 32.1. The number of hydrogen-bond acceptors (Lipinski definition) is 5. The van der Waals surface area contributed by atoms with Crippen LogP contribution < -0.4 is 5.32 Å². The summed E-state index contributed by atoms with van der Waals surface area (Å²) in [6.07, 6.45) is 4.29. The molecule has 0 saturated heterocycles. The Morgan fingerprint density at radius 3 is 2.76 bits per heavy atom. The maximum absolute atomic E-state index is 12.2. The average Bonchev–Trinajstić information content (AvgIpc) is 3.25. The second kappa shape index (κ2) is 8.02. The van der Waals surface area contributed by atoms with Crippen LogP contribution in [0.15, 0.2) is 43.0 Å². The number of amides is 1. The van der Waals surface area contributed by atoms with Gasteiger partial charge in [-0.05, 0) is 12.3 Å². The summed E-state index contributed by atoms with van der Waals surface area (Å²) in [7, 11) is 0. The first-order chi connectivity index (χ1) is 12.1. The van der Waals surface area contributed by atoms with E-state index in [1.54, 1.807) is 22.3 Å². The molecule has 1 aromatic carbocycles. The van der Waals surface area contributed by atoms with Crippen LogP contribution in [-0.2, 0) is 11.3 Å². The number of nitrogens with zero attached hydrogens (tertiary/aromatic N) is 4. The van der Waals surface area contributed by atoms with Crippen LogP contribution in [-0.4, -0.2) is 25.7 Å². The number of aromatic nitrogens is 4. The van der Waals surface area contributed by atoms with Crippen molar-refractivity contribution < 1.29 is 4.79 Å². The van der Waals surface area contributed by atoms with Gasteiger partial charge in [0.25, 0.3) is 0 Å². The predicted molar refractivity (Wildman–Crippen MR) is 99.5 cm³/mol. The molecule has 0 atom stereocenters. The maximum Gasteiger partial charge on any atom is 0.226 e. The van der Waals surface area contributed by atoms with Crippen LogP contribution in [0.25, 0.3) is 11.3 Å². The van der Waals surface area contributed by atoms with Crippen LogP contribution in [0.3, 0.4) is 0 Å². The smallest absolute Gasteiger partial charge is 0.226 e. The number of hydrogen-bond donors (Lipinski definition) is 1. The normalized spacial score (nSPS) is 11.0. The number of rotatable bonds is 7. The number of aryl methyl sites for hydroxylation is 1. The van der Waals surface area contributed by atoms with E-state index in [4.69, 9.17) is 0 Å². The van der Waals surface area contributed by atoms with E-state index in [0.717, 1.165) is 11.3 Å². The quantitative estimate of drug-likeness (QED) is 0.696. The third-order valence-electron chi connectivity index (χ3n) is 3.73. The Kier molecular flexibility index (Phi) is 5.55. The summed E-state index contributed by atoms with van der Waals surface area (Å²) in [5.74, 6) is 0.328. The molecule has 130 valence electrons. The molecule has 0 saturated carbocycles. The molecular weight excluding hydrogens is 334 g/mol. The molecule has 25 heavy (non-hydrogen) atoms. The van der Waals surface area contributed by atoms with Crippen molar-refractivity contribution in [2.75, 3.05) is 5.32 Å². The number of benzene rings is 1. The minimum Gasteiger partial charge on any atom is -0.302 e. The van der Waals surface area contributed by atoms with E-state index in [1.165, 1.54) is 11.2 Å². The summed E-state index contributed by atoms with van der Waals surface area (Å²) in [5.41, 5.74) is 2.03. The molecule has 0 aliphatic heterocycles. The van der Waals surface area contributed by atoms with Gasteiger partial charge in [0.15, 0.2) is 5.13 Å². The second-order valence-corrected chi connectivity index (χ2v) is 7.09. The Labute approximate surface area is 150 Å². The molecule has 2 aromatic heterocycles. The lowest BCUT2D eigenvalue weighted by Crippen LogP contribution is -2.12. The van der Waals surface area contributed by atoms with E-state index in [0.29, 0.717) is 30.4 Å². The first-order valence-electron chi connectivity index (χ1n) is 8.32. The van der Waals surface area contributed by atoms with Crippen molar-refractivity contribution in [3.8, 4) is 11.3 Å². The Hall–Kier alpha value is -2.54. The summed E-state index contributed by atoms with van der Waals surface area (Å²) in [4.78, 5) is 21.9. The minimum absolute atomic E-state index is 0.0243. The predicted octanol–water partition coefficient (Wildman–Crippen LogP) is 3.94. The van der Waals surface area contributed by atoms with Gasteiger partial charge in [0.05, 0.1) is 5.69 Å². The molecule has 0 fully saturated rings. The van der Waals surface area contributed by atoms with Gasteiger partial charge in [0, 0.05) is 23.4 Å². The molecule has 0 radical (unpaired) electrons. The van der Waals surface area contributed by atoms with Gasteiger partial charge in [0.1, 0.15) is 12.7 Å². The highest BCUT2D eigenvalue weighted by Crippen LogP contribution is 2.36. The van der Waals surface area contributed by atoms with Crippen molar-refractivity contribution in [3.63, 3.8) is 0 Å². The molecular formula is C18H21N5OS. The van der Waals surface area contributed by atoms with Crippen molar-refractivity contribution in [2.24, 2.45) is 0 Å². The van der Waals surface area contributed by atoms with Gasteiger partial charge in [0.2, 0.25) is 5.91 Å². The Morgan fingerprint density at radius 1 is 1.28 bits per heavy atom. The lowest BCUT2D eigenvalue weighted by Gasteiger charge is -2.04. The van der Waals surface area contributed by atoms with Crippen LogP contribution in [0.5, 0.6) is 0 Å². The zero-order chi connectivity index (χ0) is 17.6. The van der Waals surface area contributed by atoms with Crippen LogP contribution in [0.4, 0.5) is 5.13 Å². The molecule has 6 nitrogen and oxygen atoms in total. The van der Waals surface area contributed by atoms with Crippen LogP contribution in [0.1, 0.15) is 37.5 Å². The van der Waals surface area contributed by atoms with Gasteiger partial charge >= 0.3 is 0 Å². The van der Waals surface area contributed by atoms with Crippen LogP contribution in [0, 0.1) is 0 Å². The van der Waals surface area contributed by atoms with Gasteiger partial charge in [-0.25, -0.2) is 9.97 Å². The number of nitrogens with one attached hydrogen (secondary N) is 1. The van der Waals surface area contributed by atoms with Gasteiger partial charge in [-0.1, -0.05) is 44.2 Å². The fourth-order valence-electron chi connectivity index (χ4n) is 2.51. The SMILES string of the molecule is CC(C)c1sc(NC(=O)CCCn2cncn2)nc1-c1ccccc1. The molecule has 1 N–H and O–H groups in total. The van der Waals surface area contributed by atoms with Crippen molar-refractivity contribution in [3.05, 3.63) is 47.9 Å². The van der Waals surface area contributed by atoms with Crippen LogP contribution >= 0.6 is 11.3 Å². The molecule has 0 spiro atoms. The molecule has 3 aromatic rings. The zero-order valence-electron chi connectivity index (χ0n) is 14.3. The van der Waals surface area contributed by atoms with Crippen molar-refractivity contribution in [2.45, 2.75) is 39.2 Å². The zero-order valence-corrected chi connectivity index (χ0v) is 15.2. The number of anilines is 1. The summed E-state index contributed by atoms with van der Waals surface area (Å²) in [5, 5.41) is 7.62. The summed E-state index contributed by atoms with van der Waals surface area (Å²) in [6, 6.07) is 10.1. The number of thiazole rings is 1. The summed E-state index contributed by atoms with van der Waals surface area (Å²) in [6.45, 7) is 4.96. The Balaban J connectivity index is 1.65. The lowest BCUT2D eigenvalue weighted by molar-refractivity contribution is -0.116. The van der Waals surface area contributed by atoms with Gasteiger partial charge in [-0.3, -0.25) is 9.48 Å². The van der Waals surface area contributed by atoms with E-state index in [2.05, 4.69) is 34.2 Å². The first kappa shape index (κ1) is 17.3. The van der Waals surface area contributed by atoms with Gasteiger partial charge in [-0.15, -0.1) is 11.3 Å². The second-order valence-electron chi connectivity index (χ2n) is 6.06. The average molecular weight is 355 g/mol. The maximum atomic E-state index is 12.2. The highest BCUT2D eigenvalue weighted by molar-refractivity contribution is 7.16. The molecule has 1 amide bonds. The van der Waals surface area contributed by atoms with Crippen molar-refractivity contribution in [1.29, 1.82) is 0 Å². The monoisotopic (exact) mass is 355 g/mol. The molecule has 7 heteroatoms. The van der Waals surface area contributed by atoms with E-state index in [-0.39, 0.29) is 5.91 Å². The van der Waals surface area contributed by atoms with Gasteiger partial charge in [-0.2, -0.15) is 5.10 Å². The Bertz CT molecular complexity index is 811. The Morgan fingerprint density at radius 2 is 2.08 bits per heavy atom.